The van der Waals surface area contributed by atoms with E-state index in [2.05, 4.69) is 5.32 Å². The lowest BCUT2D eigenvalue weighted by atomic mass is 10.1. The molecule has 0 bridgehead atoms. The van der Waals surface area contributed by atoms with Gasteiger partial charge < -0.3 is 15.0 Å². The maximum Gasteiger partial charge on any atom is 0.229 e. The molecule has 1 N–H and O–H groups in total. The number of anilines is 2. The average Bonchev–Trinajstić information content (AvgIpc) is 3.04. The molecule has 2 aromatic rings. The highest BCUT2D eigenvalue weighted by Gasteiger charge is 2.35. The van der Waals surface area contributed by atoms with E-state index in [9.17, 15) is 9.59 Å². The van der Waals surface area contributed by atoms with E-state index in [1.54, 1.807) is 60.5 Å². The maximum absolute atomic E-state index is 12.4. The van der Waals surface area contributed by atoms with E-state index in [-0.39, 0.29) is 18.2 Å². The lowest BCUT2D eigenvalue weighted by molar-refractivity contribution is -0.122. The number of benzene rings is 2. The normalized spacial score (nSPS) is 16.4. The molecule has 6 nitrogen and oxygen atoms in total. The van der Waals surface area contributed by atoms with Crippen molar-refractivity contribution in [2.45, 2.75) is 6.42 Å². The Kier molecular flexibility index (Phi) is 4.66. The first-order chi connectivity index (χ1) is 12.1. The van der Waals surface area contributed by atoms with Gasteiger partial charge in [-0.05, 0) is 48.5 Å². The van der Waals surface area contributed by atoms with E-state index < -0.39 is 5.92 Å². The van der Waals surface area contributed by atoms with Crippen LogP contribution in [0.1, 0.15) is 12.0 Å². The largest absolute Gasteiger partial charge is 0.497 e. The predicted octanol–water partition coefficient (Wildman–Crippen LogP) is 2.56. The van der Waals surface area contributed by atoms with Gasteiger partial charge in [-0.2, -0.15) is 5.26 Å². The van der Waals surface area contributed by atoms with Gasteiger partial charge in [-0.15, -0.1) is 0 Å². The first kappa shape index (κ1) is 16.5. The van der Waals surface area contributed by atoms with E-state index in [1.807, 2.05) is 6.07 Å². The summed E-state index contributed by atoms with van der Waals surface area (Å²) in [6.45, 7) is 0.341. The molecule has 3 rings (SSSR count). The first-order valence-corrected chi connectivity index (χ1v) is 7.86. The van der Waals surface area contributed by atoms with Gasteiger partial charge in [0, 0.05) is 24.3 Å². The number of carbonyl (C=O) groups excluding carboxylic acids is 2. The minimum Gasteiger partial charge on any atom is -0.497 e. The van der Waals surface area contributed by atoms with Gasteiger partial charge in [-0.3, -0.25) is 9.59 Å². The third kappa shape index (κ3) is 3.61. The molecule has 0 aliphatic carbocycles. The topological polar surface area (TPSA) is 82.4 Å². The number of hydrogen-bond acceptors (Lipinski definition) is 4. The van der Waals surface area contributed by atoms with Crippen molar-refractivity contribution in [2.75, 3.05) is 23.9 Å². The molecule has 0 radical (unpaired) electrons. The van der Waals surface area contributed by atoms with Crippen LogP contribution in [0.5, 0.6) is 5.75 Å². The lowest BCUT2D eigenvalue weighted by Crippen LogP contribution is -2.28. The smallest absolute Gasteiger partial charge is 0.229 e. The number of methoxy groups -OCH3 is 1. The van der Waals surface area contributed by atoms with Crippen LogP contribution in [-0.2, 0) is 9.59 Å². The zero-order chi connectivity index (χ0) is 17.8. The van der Waals surface area contributed by atoms with E-state index >= 15 is 0 Å². The molecule has 0 spiro atoms. The number of carbonyl (C=O) groups is 2. The zero-order valence-corrected chi connectivity index (χ0v) is 13.7. The number of hydrogen-bond donors (Lipinski definition) is 1. The molecule has 1 saturated heterocycles. The van der Waals surface area contributed by atoms with E-state index in [4.69, 9.17) is 10.00 Å². The summed E-state index contributed by atoms with van der Waals surface area (Å²) >= 11 is 0. The van der Waals surface area contributed by atoms with E-state index in [0.29, 0.717) is 23.5 Å². The molecule has 1 heterocycles. The standard InChI is InChI=1S/C19H17N3O3/c1-25-17-8-6-16(7-9-17)22-12-14(10-18(22)23)19(24)21-15-4-2-13(11-20)3-5-15/h2-9,14H,10,12H2,1H3,(H,21,24)/t14-/m0/s1. The second-order valence-electron chi connectivity index (χ2n) is 5.78. The number of ether oxygens (including phenoxy) is 1. The Morgan fingerprint density at radius 2 is 1.88 bits per heavy atom. The van der Waals surface area contributed by atoms with Crippen molar-refractivity contribution in [1.29, 1.82) is 5.26 Å². The molecular formula is C19H17N3O3. The highest BCUT2D eigenvalue weighted by Crippen LogP contribution is 2.27. The van der Waals surface area contributed by atoms with Crippen LogP contribution in [0.15, 0.2) is 48.5 Å². The van der Waals surface area contributed by atoms with Crippen LogP contribution in [0, 0.1) is 17.2 Å². The van der Waals surface area contributed by atoms with Crippen molar-refractivity contribution in [1.82, 2.24) is 0 Å². The molecule has 25 heavy (non-hydrogen) atoms. The first-order valence-electron chi connectivity index (χ1n) is 7.86. The Bertz CT molecular complexity index is 822. The van der Waals surface area contributed by atoms with Gasteiger partial charge in [0.15, 0.2) is 0 Å². The summed E-state index contributed by atoms with van der Waals surface area (Å²) in [5.74, 6) is 0.0231. The quantitative estimate of drug-likeness (QED) is 0.931. The van der Waals surface area contributed by atoms with Crippen LogP contribution in [0.3, 0.4) is 0 Å². The van der Waals surface area contributed by atoms with Crippen LogP contribution in [0.4, 0.5) is 11.4 Å². The van der Waals surface area contributed by atoms with Gasteiger partial charge in [0.2, 0.25) is 11.8 Å². The summed E-state index contributed by atoms with van der Waals surface area (Å²) in [4.78, 5) is 26.3. The third-order valence-electron chi connectivity index (χ3n) is 4.16. The Hall–Kier alpha value is -3.33. The summed E-state index contributed by atoms with van der Waals surface area (Å²) in [7, 11) is 1.58. The van der Waals surface area contributed by atoms with Crippen molar-refractivity contribution in [3.05, 3.63) is 54.1 Å². The van der Waals surface area contributed by atoms with E-state index in [1.165, 1.54) is 0 Å². The number of nitriles is 1. The Morgan fingerprint density at radius 1 is 1.20 bits per heavy atom. The summed E-state index contributed by atoms with van der Waals surface area (Å²) in [6.07, 6.45) is 0.175. The summed E-state index contributed by atoms with van der Waals surface area (Å²) < 4.78 is 5.11. The molecule has 0 saturated carbocycles. The van der Waals surface area contributed by atoms with Crippen LogP contribution in [0.2, 0.25) is 0 Å². The molecule has 0 unspecified atom stereocenters. The van der Waals surface area contributed by atoms with Crippen LogP contribution >= 0.6 is 0 Å². The molecule has 1 aliphatic heterocycles. The average molecular weight is 335 g/mol. The second-order valence-corrected chi connectivity index (χ2v) is 5.78. The third-order valence-corrected chi connectivity index (χ3v) is 4.16. The van der Waals surface area contributed by atoms with Crippen molar-refractivity contribution in [3.63, 3.8) is 0 Å². The van der Waals surface area contributed by atoms with Gasteiger partial charge in [-0.1, -0.05) is 0 Å². The fraction of sp³-hybridized carbons (Fsp3) is 0.211. The molecular weight excluding hydrogens is 318 g/mol. The molecule has 6 heteroatoms. The molecule has 0 aromatic heterocycles. The fourth-order valence-corrected chi connectivity index (χ4v) is 2.77. The number of amides is 2. The maximum atomic E-state index is 12.4. The van der Waals surface area contributed by atoms with Crippen molar-refractivity contribution in [2.24, 2.45) is 5.92 Å². The minimum absolute atomic E-state index is 0.0786. The monoisotopic (exact) mass is 335 g/mol. The summed E-state index contributed by atoms with van der Waals surface area (Å²) in [6, 6.07) is 15.8. The molecule has 1 fully saturated rings. The number of nitrogens with zero attached hydrogens (tertiary/aromatic N) is 2. The Morgan fingerprint density at radius 3 is 2.48 bits per heavy atom. The van der Waals surface area contributed by atoms with Crippen molar-refractivity contribution >= 4 is 23.2 Å². The molecule has 2 amide bonds. The molecule has 1 atom stereocenters. The predicted molar refractivity (Wildman–Crippen MR) is 93.2 cm³/mol. The van der Waals surface area contributed by atoms with Crippen molar-refractivity contribution < 1.29 is 14.3 Å². The second kappa shape index (κ2) is 7.05. The zero-order valence-electron chi connectivity index (χ0n) is 13.7. The summed E-state index contributed by atoms with van der Waals surface area (Å²) in [5.41, 5.74) is 1.89. The van der Waals surface area contributed by atoms with Gasteiger partial charge in [0.25, 0.3) is 0 Å². The number of rotatable bonds is 4. The highest BCUT2D eigenvalue weighted by molar-refractivity contribution is 6.03. The van der Waals surface area contributed by atoms with Gasteiger partial charge in [0.1, 0.15) is 5.75 Å². The minimum atomic E-state index is -0.412. The SMILES string of the molecule is COc1ccc(N2C[C@@H](C(=O)Nc3ccc(C#N)cc3)CC2=O)cc1. The van der Waals surface area contributed by atoms with E-state index in [0.717, 1.165) is 5.69 Å². The van der Waals surface area contributed by atoms with Crippen LogP contribution in [0.25, 0.3) is 0 Å². The fourth-order valence-electron chi connectivity index (χ4n) is 2.77. The molecule has 126 valence electrons. The number of nitrogens with one attached hydrogen (secondary N) is 1. The van der Waals surface area contributed by atoms with Gasteiger partial charge in [0.05, 0.1) is 24.7 Å². The highest BCUT2D eigenvalue weighted by atomic mass is 16.5. The molecule has 1 aliphatic rings. The lowest BCUT2D eigenvalue weighted by Gasteiger charge is -2.17. The van der Waals surface area contributed by atoms with Crippen LogP contribution < -0.4 is 15.0 Å². The van der Waals surface area contributed by atoms with Crippen molar-refractivity contribution in [3.8, 4) is 11.8 Å². The summed E-state index contributed by atoms with van der Waals surface area (Å²) in [5, 5.41) is 11.6. The Balaban J connectivity index is 1.66. The van der Waals surface area contributed by atoms with Crippen LogP contribution in [-0.4, -0.2) is 25.5 Å². The van der Waals surface area contributed by atoms with Gasteiger partial charge >= 0.3 is 0 Å². The van der Waals surface area contributed by atoms with Gasteiger partial charge in [-0.25, -0.2) is 0 Å². The molecule has 2 aromatic carbocycles. The Labute approximate surface area is 145 Å².